The molecule has 0 aliphatic carbocycles. The summed E-state index contributed by atoms with van der Waals surface area (Å²) in [7, 11) is 0. The van der Waals surface area contributed by atoms with Gasteiger partial charge in [0, 0.05) is 28.6 Å². The molecular weight excluding hydrogens is 310 g/mol. The van der Waals surface area contributed by atoms with Crippen molar-refractivity contribution in [1.82, 2.24) is 5.43 Å². The maximum absolute atomic E-state index is 12.2. The molecule has 0 saturated carbocycles. The molecule has 0 radical (unpaired) electrons. The van der Waals surface area contributed by atoms with E-state index in [1.165, 1.54) is 18.3 Å². The second-order valence-corrected chi connectivity index (χ2v) is 5.10. The number of aryl methyl sites for hydroxylation is 1. The number of amides is 1. The summed E-state index contributed by atoms with van der Waals surface area (Å²) in [6.45, 7) is 1.80. The third kappa shape index (κ3) is 3.00. The lowest BCUT2D eigenvalue weighted by atomic mass is 10.1. The number of carbonyl (C=O) groups is 1. The Kier molecular flexibility index (Phi) is 4.07. The lowest BCUT2D eigenvalue weighted by molar-refractivity contribution is -0.384. The van der Waals surface area contributed by atoms with Crippen LogP contribution < -0.4 is 5.43 Å². The number of hydrogen-bond acceptors (Lipinski definition) is 5. The zero-order chi connectivity index (χ0) is 17.1. The van der Waals surface area contributed by atoms with Crippen molar-refractivity contribution in [2.75, 3.05) is 0 Å². The molecule has 7 nitrogen and oxygen atoms in total. The predicted molar refractivity (Wildman–Crippen MR) is 89.1 cm³/mol. The minimum atomic E-state index is -0.492. The summed E-state index contributed by atoms with van der Waals surface area (Å²) in [5.41, 5.74) is 4.18. The Balaban J connectivity index is 1.76. The lowest BCUT2D eigenvalue weighted by Gasteiger charge is -1.97. The fourth-order valence-corrected chi connectivity index (χ4v) is 2.33. The Bertz CT molecular complexity index is 959. The van der Waals surface area contributed by atoms with Gasteiger partial charge in [-0.3, -0.25) is 14.9 Å². The number of nitro groups is 1. The summed E-state index contributed by atoms with van der Waals surface area (Å²) >= 11 is 0. The number of nitrogens with one attached hydrogen (secondary N) is 1. The second kappa shape index (κ2) is 6.33. The molecule has 0 spiro atoms. The molecule has 1 aromatic heterocycles. The Labute approximate surface area is 136 Å². The number of nitrogens with zero attached hydrogens (tertiary/aromatic N) is 2. The molecule has 0 fully saturated rings. The van der Waals surface area contributed by atoms with E-state index >= 15 is 0 Å². The molecular formula is C17H13N3O4. The molecule has 1 amide bonds. The van der Waals surface area contributed by atoms with Crippen LogP contribution in [0.2, 0.25) is 0 Å². The van der Waals surface area contributed by atoms with E-state index in [1.807, 2.05) is 18.2 Å². The number of hydrazone groups is 1. The molecule has 3 aromatic rings. The monoisotopic (exact) mass is 323 g/mol. The molecule has 0 saturated heterocycles. The molecule has 24 heavy (non-hydrogen) atoms. The van der Waals surface area contributed by atoms with E-state index in [-0.39, 0.29) is 11.4 Å². The van der Waals surface area contributed by atoms with Crippen LogP contribution in [0.1, 0.15) is 21.7 Å². The molecule has 7 heteroatoms. The van der Waals surface area contributed by atoms with Crippen molar-refractivity contribution in [1.29, 1.82) is 0 Å². The van der Waals surface area contributed by atoms with Gasteiger partial charge in [-0.2, -0.15) is 5.10 Å². The zero-order valence-corrected chi connectivity index (χ0v) is 12.7. The van der Waals surface area contributed by atoms with Crippen LogP contribution in [0.4, 0.5) is 5.69 Å². The van der Waals surface area contributed by atoms with Gasteiger partial charge in [-0.15, -0.1) is 0 Å². The van der Waals surface area contributed by atoms with Crippen LogP contribution in [0, 0.1) is 17.0 Å². The topological polar surface area (TPSA) is 97.7 Å². The highest BCUT2D eigenvalue weighted by Gasteiger charge is 2.16. The van der Waals surface area contributed by atoms with Crippen LogP contribution in [0.25, 0.3) is 11.0 Å². The van der Waals surface area contributed by atoms with Gasteiger partial charge in [-0.1, -0.05) is 30.3 Å². The molecule has 0 aliphatic rings. The summed E-state index contributed by atoms with van der Waals surface area (Å²) in [5.74, 6) is -0.294. The molecule has 0 bridgehead atoms. The van der Waals surface area contributed by atoms with Gasteiger partial charge in [-0.05, 0) is 13.0 Å². The number of furan rings is 1. The fraction of sp³-hybridized carbons (Fsp3) is 0.0588. The van der Waals surface area contributed by atoms with Crippen molar-refractivity contribution in [3.63, 3.8) is 0 Å². The van der Waals surface area contributed by atoms with Crippen LogP contribution >= 0.6 is 0 Å². The quantitative estimate of drug-likeness (QED) is 0.452. The fourth-order valence-electron chi connectivity index (χ4n) is 2.33. The van der Waals surface area contributed by atoms with E-state index in [1.54, 1.807) is 25.1 Å². The Hall–Kier alpha value is -3.48. The highest BCUT2D eigenvalue weighted by atomic mass is 16.6. The second-order valence-electron chi connectivity index (χ2n) is 5.10. The molecule has 1 heterocycles. The van der Waals surface area contributed by atoms with Crippen molar-refractivity contribution in [2.24, 2.45) is 5.10 Å². The van der Waals surface area contributed by atoms with Gasteiger partial charge in [0.15, 0.2) is 5.76 Å². The summed E-state index contributed by atoms with van der Waals surface area (Å²) < 4.78 is 5.54. The van der Waals surface area contributed by atoms with Gasteiger partial charge in [-0.25, -0.2) is 5.43 Å². The zero-order valence-electron chi connectivity index (χ0n) is 12.7. The first kappa shape index (κ1) is 15.4. The number of para-hydroxylation sites is 1. The average molecular weight is 323 g/mol. The molecule has 2 aromatic carbocycles. The normalized spacial score (nSPS) is 11.0. The Morgan fingerprint density at radius 1 is 1.25 bits per heavy atom. The maximum atomic E-state index is 12.2. The number of carbonyl (C=O) groups excluding carboxylic acids is 1. The van der Waals surface area contributed by atoms with E-state index in [4.69, 9.17) is 4.42 Å². The van der Waals surface area contributed by atoms with E-state index in [2.05, 4.69) is 10.5 Å². The molecule has 0 atom stereocenters. The number of nitro benzene ring substituents is 1. The Morgan fingerprint density at radius 3 is 2.79 bits per heavy atom. The molecule has 120 valence electrons. The summed E-state index contributed by atoms with van der Waals surface area (Å²) in [6, 6.07) is 13.3. The SMILES string of the molecule is Cc1c(C(=O)NN=Cc2cccc([N+](=O)[O-])c2)oc2ccccc12. The number of rotatable bonds is 4. The smallest absolute Gasteiger partial charge is 0.307 e. The highest BCUT2D eigenvalue weighted by molar-refractivity contribution is 5.99. The summed E-state index contributed by atoms with van der Waals surface area (Å²) in [6.07, 6.45) is 1.34. The van der Waals surface area contributed by atoms with E-state index in [9.17, 15) is 14.9 Å². The van der Waals surface area contributed by atoms with Crippen LogP contribution in [-0.4, -0.2) is 17.0 Å². The van der Waals surface area contributed by atoms with Crippen molar-refractivity contribution in [3.05, 3.63) is 75.5 Å². The third-order valence-corrected chi connectivity index (χ3v) is 3.51. The van der Waals surface area contributed by atoms with Crippen molar-refractivity contribution in [2.45, 2.75) is 6.92 Å². The first-order valence-corrected chi connectivity index (χ1v) is 7.12. The predicted octanol–water partition coefficient (Wildman–Crippen LogP) is 3.41. The average Bonchev–Trinajstić information content (AvgIpc) is 2.92. The van der Waals surface area contributed by atoms with Gasteiger partial charge in [0.1, 0.15) is 5.58 Å². The third-order valence-electron chi connectivity index (χ3n) is 3.51. The van der Waals surface area contributed by atoms with Crippen molar-refractivity contribution in [3.8, 4) is 0 Å². The summed E-state index contributed by atoms with van der Waals surface area (Å²) in [4.78, 5) is 22.4. The van der Waals surface area contributed by atoms with Gasteiger partial charge in [0.2, 0.25) is 0 Å². The molecule has 0 aliphatic heterocycles. The van der Waals surface area contributed by atoms with Crippen LogP contribution in [0.3, 0.4) is 0 Å². The number of fused-ring (bicyclic) bond motifs is 1. The minimum absolute atomic E-state index is 0.0431. The first-order chi connectivity index (χ1) is 11.6. The largest absolute Gasteiger partial charge is 0.451 e. The van der Waals surface area contributed by atoms with Gasteiger partial charge < -0.3 is 4.42 Å². The number of non-ortho nitro benzene ring substituents is 1. The van der Waals surface area contributed by atoms with Crippen molar-refractivity contribution < 1.29 is 14.1 Å². The van der Waals surface area contributed by atoms with E-state index in [0.29, 0.717) is 11.1 Å². The van der Waals surface area contributed by atoms with Gasteiger partial charge in [0.05, 0.1) is 11.1 Å². The minimum Gasteiger partial charge on any atom is -0.451 e. The van der Waals surface area contributed by atoms with E-state index < -0.39 is 10.8 Å². The standard InChI is InChI=1S/C17H13N3O4/c1-11-14-7-2-3-8-15(14)24-16(11)17(21)19-18-10-12-5-4-6-13(9-12)20(22)23/h2-10H,1H3,(H,19,21). The lowest BCUT2D eigenvalue weighted by Crippen LogP contribution is -2.17. The summed E-state index contributed by atoms with van der Waals surface area (Å²) in [5, 5.41) is 15.4. The number of benzene rings is 2. The van der Waals surface area contributed by atoms with Crippen LogP contribution in [-0.2, 0) is 0 Å². The highest BCUT2D eigenvalue weighted by Crippen LogP contribution is 2.24. The first-order valence-electron chi connectivity index (χ1n) is 7.12. The molecule has 1 N–H and O–H groups in total. The van der Waals surface area contributed by atoms with Crippen LogP contribution in [0.15, 0.2) is 58.0 Å². The maximum Gasteiger partial charge on any atom is 0.307 e. The number of hydrogen-bond donors (Lipinski definition) is 1. The van der Waals surface area contributed by atoms with Gasteiger partial charge in [0.25, 0.3) is 5.69 Å². The van der Waals surface area contributed by atoms with Gasteiger partial charge >= 0.3 is 5.91 Å². The Morgan fingerprint density at radius 2 is 2.04 bits per heavy atom. The van der Waals surface area contributed by atoms with Crippen LogP contribution in [0.5, 0.6) is 0 Å². The van der Waals surface area contributed by atoms with E-state index in [0.717, 1.165) is 10.9 Å². The van der Waals surface area contributed by atoms with Crippen molar-refractivity contribution >= 4 is 28.8 Å². The molecule has 0 unspecified atom stereocenters. The molecule has 3 rings (SSSR count).